The van der Waals surface area contributed by atoms with Gasteiger partial charge in [-0.25, -0.2) is 4.98 Å². The van der Waals surface area contributed by atoms with Gasteiger partial charge in [-0.2, -0.15) is 5.26 Å². The van der Waals surface area contributed by atoms with Crippen molar-refractivity contribution in [2.45, 2.75) is 72.0 Å². The van der Waals surface area contributed by atoms with Crippen LogP contribution in [0.3, 0.4) is 0 Å². The highest BCUT2D eigenvalue weighted by molar-refractivity contribution is 5.62. The first-order chi connectivity index (χ1) is 11.4. The molecule has 2 aliphatic rings. The molecule has 1 aromatic rings. The van der Waals surface area contributed by atoms with E-state index in [1.54, 1.807) is 0 Å². The SMILES string of the molecule is CC(C)Cc1nc(N2CCCCC2)c(C#N)c2c1COC(C)(C)C2. The molecule has 0 bridgehead atoms. The molecule has 0 saturated carbocycles. The predicted octanol–water partition coefficient (Wildman–Crippen LogP) is 3.99. The summed E-state index contributed by atoms with van der Waals surface area (Å²) in [6, 6.07) is 2.48. The van der Waals surface area contributed by atoms with E-state index in [1.165, 1.54) is 30.4 Å². The van der Waals surface area contributed by atoms with Crippen molar-refractivity contribution < 1.29 is 4.74 Å². The van der Waals surface area contributed by atoms with Gasteiger partial charge in [0.05, 0.1) is 17.8 Å². The number of pyridine rings is 1. The lowest BCUT2D eigenvalue weighted by Crippen LogP contribution is -2.36. The number of piperidine rings is 1. The van der Waals surface area contributed by atoms with Gasteiger partial charge in [0.25, 0.3) is 0 Å². The van der Waals surface area contributed by atoms with Gasteiger partial charge < -0.3 is 9.64 Å². The minimum Gasteiger partial charge on any atom is -0.370 e. The molecule has 130 valence electrons. The topological polar surface area (TPSA) is 49.2 Å². The lowest BCUT2D eigenvalue weighted by molar-refractivity contribution is -0.0407. The lowest BCUT2D eigenvalue weighted by atomic mass is 9.86. The molecule has 1 aromatic heterocycles. The standard InChI is InChI=1S/C20H29N3O/c1-14(2)10-18-17-13-24-20(3,4)11-15(17)16(12-21)19(22-18)23-8-6-5-7-9-23/h14H,5-11,13H2,1-4H3. The van der Waals surface area contributed by atoms with Crippen LogP contribution in [0.25, 0.3) is 0 Å². The van der Waals surface area contributed by atoms with Gasteiger partial charge in [-0.15, -0.1) is 0 Å². The molecule has 3 heterocycles. The van der Waals surface area contributed by atoms with Gasteiger partial charge in [-0.05, 0) is 51.0 Å². The Labute approximate surface area is 145 Å². The molecule has 3 rings (SSSR count). The number of hydrogen-bond acceptors (Lipinski definition) is 4. The summed E-state index contributed by atoms with van der Waals surface area (Å²) in [4.78, 5) is 7.32. The van der Waals surface area contributed by atoms with E-state index >= 15 is 0 Å². The molecule has 0 spiro atoms. The highest BCUT2D eigenvalue weighted by Gasteiger charge is 2.33. The summed E-state index contributed by atoms with van der Waals surface area (Å²) in [7, 11) is 0. The second-order valence-electron chi connectivity index (χ2n) is 8.20. The first kappa shape index (κ1) is 17.2. The van der Waals surface area contributed by atoms with Crippen LogP contribution in [0, 0.1) is 17.2 Å². The largest absolute Gasteiger partial charge is 0.370 e. The predicted molar refractivity (Wildman–Crippen MR) is 96.1 cm³/mol. The summed E-state index contributed by atoms with van der Waals surface area (Å²) < 4.78 is 6.04. The fraction of sp³-hybridized carbons (Fsp3) is 0.700. The Morgan fingerprint density at radius 3 is 2.54 bits per heavy atom. The third-order valence-electron chi connectivity index (χ3n) is 5.06. The summed E-state index contributed by atoms with van der Waals surface area (Å²) >= 11 is 0. The van der Waals surface area contributed by atoms with Crippen LogP contribution in [-0.2, 0) is 24.2 Å². The molecule has 0 amide bonds. The normalized spacial score (nSPS) is 19.9. The second kappa shape index (κ2) is 6.72. The monoisotopic (exact) mass is 327 g/mol. The van der Waals surface area contributed by atoms with Crippen molar-refractivity contribution in [2.75, 3.05) is 18.0 Å². The Hall–Kier alpha value is -1.60. The molecule has 0 N–H and O–H groups in total. The molecule has 0 radical (unpaired) electrons. The number of nitriles is 1. The Bertz CT molecular complexity index is 652. The summed E-state index contributed by atoms with van der Waals surface area (Å²) in [5.74, 6) is 1.46. The van der Waals surface area contributed by atoms with Crippen molar-refractivity contribution in [3.05, 3.63) is 22.4 Å². The van der Waals surface area contributed by atoms with Gasteiger partial charge in [-0.1, -0.05) is 13.8 Å². The van der Waals surface area contributed by atoms with Crippen molar-refractivity contribution in [1.29, 1.82) is 5.26 Å². The van der Waals surface area contributed by atoms with Gasteiger partial charge in [-0.3, -0.25) is 0 Å². The van der Waals surface area contributed by atoms with Crippen LogP contribution in [0.2, 0.25) is 0 Å². The van der Waals surface area contributed by atoms with Gasteiger partial charge in [0.1, 0.15) is 11.9 Å². The fourth-order valence-electron chi connectivity index (χ4n) is 3.83. The molecule has 0 unspecified atom stereocenters. The average molecular weight is 327 g/mol. The van der Waals surface area contributed by atoms with Crippen LogP contribution >= 0.6 is 0 Å². The summed E-state index contributed by atoms with van der Waals surface area (Å²) in [5, 5.41) is 9.89. The number of anilines is 1. The third-order valence-corrected chi connectivity index (χ3v) is 5.06. The van der Waals surface area contributed by atoms with E-state index in [4.69, 9.17) is 9.72 Å². The maximum Gasteiger partial charge on any atom is 0.147 e. The summed E-state index contributed by atoms with van der Waals surface area (Å²) in [6.07, 6.45) is 5.40. The fourth-order valence-corrected chi connectivity index (χ4v) is 3.83. The number of fused-ring (bicyclic) bond motifs is 1. The molecule has 1 fully saturated rings. The molecular weight excluding hydrogens is 298 g/mol. The van der Waals surface area contributed by atoms with Gasteiger partial charge >= 0.3 is 0 Å². The van der Waals surface area contributed by atoms with Gasteiger partial charge in [0, 0.05) is 30.8 Å². The van der Waals surface area contributed by atoms with Crippen LogP contribution in [0.1, 0.15) is 69.3 Å². The average Bonchev–Trinajstić information content (AvgIpc) is 2.53. The Morgan fingerprint density at radius 1 is 1.21 bits per heavy atom. The number of ether oxygens (including phenoxy) is 1. The molecule has 24 heavy (non-hydrogen) atoms. The zero-order valence-corrected chi connectivity index (χ0v) is 15.5. The van der Waals surface area contributed by atoms with E-state index < -0.39 is 0 Å². The number of aromatic nitrogens is 1. The van der Waals surface area contributed by atoms with Crippen molar-refractivity contribution in [3.63, 3.8) is 0 Å². The van der Waals surface area contributed by atoms with E-state index in [2.05, 4.69) is 38.7 Å². The zero-order chi connectivity index (χ0) is 17.3. The maximum atomic E-state index is 9.89. The smallest absolute Gasteiger partial charge is 0.147 e. The molecule has 4 nitrogen and oxygen atoms in total. The van der Waals surface area contributed by atoms with Crippen LogP contribution in [0.5, 0.6) is 0 Å². The Kier molecular flexibility index (Phi) is 4.83. The summed E-state index contributed by atoms with van der Waals surface area (Å²) in [6.45, 7) is 11.3. The van der Waals surface area contributed by atoms with E-state index in [0.717, 1.165) is 43.0 Å². The van der Waals surface area contributed by atoms with E-state index in [-0.39, 0.29) is 5.60 Å². The van der Waals surface area contributed by atoms with Crippen LogP contribution in [0.15, 0.2) is 0 Å². The molecule has 1 saturated heterocycles. The van der Waals surface area contributed by atoms with Crippen molar-refractivity contribution in [1.82, 2.24) is 4.98 Å². The first-order valence-corrected chi connectivity index (χ1v) is 9.25. The first-order valence-electron chi connectivity index (χ1n) is 9.25. The van der Waals surface area contributed by atoms with E-state index in [1.807, 2.05) is 0 Å². The minimum atomic E-state index is -0.214. The second-order valence-corrected chi connectivity index (χ2v) is 8.20. The summed E-state index contributed by atoms with van der Waals surface area (Å²) in [5.41, 5.74) is 4.06. The quantitative estimate of drug-likeness (QED) is 0.842. The van der Waals surface area contributed by atoms with Gasteiger partial charge in [0.2, 0.25) is 0 Å². The van der Waals surface area contributed by atoms with Crippen molar-refractivity contribution in [3.8, 4) is 6.07 Å². The molecule has 2 aliphatic heterocycles. The molecule has 0 aliphatic carbocycles. The molecule has 0 atom stereocenters. The van der Waals surface area contributed by atoms with Crippen LogP contribution in [-0.4, -0.2) is 23.7 Å². The van der Waals surface area contributed by atoms with Gasteiger partial charge in [0.15, 0.2) is 0 Å². The Balaban J connectivity index is 2.13. The van der Waals surface area contributed by atoms with E-state index in [0.29, 0.717) is 12.5 Å². The molecule has 4 heteroatoms. The maximum absolute atomic E-state index is 9.89. The highest BCUT2D eigenvalue weighted by atomic mass is 16.5. The number of hydrogen-bond donors (Lipinski definition) is 0. The number of rotatable bonds is 3. The van der Waals surface area contributed by atoms with E-state index in [9.17, 15) is 5.26 Å². The van der Waals surface area contributed by atoms with Crippen molar-refractivity contribution >= 4 is 5.82 Å². The lowest BCUT2D eigenvalue weighted by Gasteiger charge is -2.36. The Morgan fingerprint density at radius 2 is 1.92 bits per heavy atom. The van der Waals surface area contributed by atoms with Crippen molar-refractivity contribution in [2.24, 2.45) is 5.92 Å². The highest BCUT2D eigenvalue weighted by Crippen LogP contribution is 2.36. The number of nitrogens with zero attached hydrogens (tertiary/aromatic N) is 3. The molecule has 0 aromatic carbocycles. The van der Waals surface area contributed by atoms with Crippen LogP contribution in [0.4, 0.5) is 5.82 Å². The molecular formula is C20H29N3O. The minimum absolute atomic E-state index is 0.214. The van der Waals surface area contributed by atoms with Crippen LogP contribution < -0.4 is 4.90 Å². The third kappa shape index (κ3) is 3.42. The zero-order valence-electron chi connectivity index (χ0n) is 15.5.